The van der Waals surface area contributed by atoms with E-state index in [1.165, 1.54) is 23.6 Å². The molecule has 1 fully saturated rings. The van der Waals surface area contributed by atoms with Crippen LogP contribution in [0, 0.1) is 0 Å². The molecule has 1 aliphatic heterocycles. The maximum Gasteiger partial charge on any atom is 0.296 e. The van der Waals surface area contributed by atoms with E-state index in [1.54, 1.807) is 54.6 Å². The lowest BCUT2D eigenvalue weighted by Crippen LogP contribution is -2.29. The van der Waals surface area contributed by atoms with Crippen LogP contribution in [0.2, 0.25) is 0 Å². The van der Waals surface area contributed by atoms with E-state index in [-0.39, 0.29) is 17.9 Å². The number of ketones is 1. The van der Waals surface area contributed by atoms with Crippen molar-refractivity contribution in [2.45, 2.75) is 12.6 Å². The number of nitrogens with zero attached hydrogens (tertiary/aromatic N) is 2. The molecule has 156 valence electrons. The Balaban J connectivity index is 1.80. The summed E-state index contributed by atoms with van der Waals surface area (Å²) in [5.74, 6) is -0.552. The van der Waals surface area contributed by atoms with Gasteiger partial charge in [0.25, 0.3) is 11.7 Å². The molecule has 0 radical (unpaired) electrons. The minimum absolute atomic E-state index is 0.0162. The molecule has 31 heavy (non-hydrogen) atoms. The molecule has 0 spiro atoms. The lowest BCUT2D eigenvalue weighted by molar-refractivity contribution is -0.140. The summed E-state index contributed by atoms with van der Waals surface area (Å²) < 4.78 is 10.9. The molecule has 7 nitrogen and oxygen atoms in total. The van der Waals surface area contributed by atoms with Crippen molar-refractivity contribution in [1.29, 1.82) is 0 Å². The van der Waals surface area contributed by atoms with Crippen molar-refractivity contribution in [3.8, 4) is 5.75 Å². The Morgan fingerprint density at radius 3 is 2.55 bits per heavy atom. The molecule has 1 N–H and O–H groups in total. The number of aromatic nitrogens is 1. The molecule has 0 saturated carbocycles. The molecule has 1 aromatic carbocycles. The van der Waals surface area contributed by atoms with Crippen molar-refractivity contribution in [2.24, 2.45) is 0 Å². The van der Waals surface area contributed by atoms with Gasteiger partial charge in [-0.1, -0.05) is 24.8 Å². The van der Waals surface area contributed by atoms with Gasteiger partial charge < -0.3 is 19.2 Å². The number of aliphatic hydroxyl groups is 1. The molecule has 1 amide bonds. The number of furan rings is 1. The minimum Gasteiger partial charge on any atom is -0.507 e. The van der Waals surface area contributed by atoms with Crippen molar-refractivity contribution in [3.63, 3.8) is 0 Å². The maximum absolute atomic E-state index is 13.0. The largest absolute Gasteiger partial charge is 0.507 e. The van der Waals surface area contributed by atoms with Crippen molar-refractivity contribution < 1.29 is 23.8 Å². The van der Waals surface area contributed by atoms with Gasteiger partial charge in [-0.25, -0.2) is 0 Å². The summed E-state index contributed by atoms with van der Waals surface area (Å²) in [4.78, 5) is 31.2. The molecule has 7 heteroatoms. The normalized spacial score (nSPS) is 17.7. The van der Waals surface area contributed by atoms with E-state index >= 15 is 0 Å². The molecule has 0 bridgehead atoms. The van der Waals surface area contributed by atoms with Gasteiger partial charge in [-0.15, -0.1) is 0 Å². The molecule has 1 saturated heterocycles. The lowest BCUT2D eigenvalue weighted by atomic mass is 9.95. The van der Waals surface area contributed by atoms with Gasteiger partial charge in [-0.3, -0.25) is 14.6 Å². The number of likely N-dealkylation sites (tertiary alicyclic amines) is 1. The molecular weight excluding hydrogens is 396 g/mol. The van der Waals surface area contributed by atoms with Gasteiger partial charge in [0.1, 0.15) is 23.9 Å². The number of carbonyl (C=O) groups is 2. The molecule has 3 aromatic rings. The van der Waals surface area contributed by atoms with Crippen LogP contribution < -0.4 is 4.74 Å². The highest BCUT2D eigenvalue weighted by Gasteiger charge is 2.46. The van der Waals surface area contributed by atoms with E-state index in [2.05, 4.69) is 11.6 Å². The van der Waals surface area contributed by atoms with Crippen LogP contribution in [0.3, 0.4) is 0 Å². The van der Waals surface area contributed by atoms with E-state index < -0.39 is 17.7 Å². The minimum atomic E-state index is -0.785. The zero-order chi connectivity index (χ0) is 21.8. The van der Waals surface area contributed by atoms with Crippen LogP contribution in [-0.4, -0.2) is 33.3 Å². The zero-order valence-electron chi connectivity index (χ0n) is 16.6. The van der Waals surface area contributed by atoms with Gasteiger partial charge in [0.2, 0.25) is 0 Å². The average Bonchev–Trinajstić information content (AvgIpc) is 3.41. The number of hydrogen-bond acceptors (Lipinski definition) is 6. The Bertz CT molecular complexity index is 1120. The van der Waals surface area contributed by atoms with Crippen molar-refractivity contribution in [3.05, 3.63) is 102 Å². The average molecular weight is 416 g/mol. The Morgan fingerprint density at radius 2 is 1.90 bits per heavy atom. The predicted octanol–water partition coefficient (Wildman–Crippen LogP) is 3.86. The first-order valence-corrected chi connectivity index (χ1v) is 9.65. The molecule has 1 atom stereocenters. The summed E-state index contributed by atoms with van der Waals surface area (Å²) in [6, 6.07) is 12.9. The molecule has 0 aliphatic carbocycles. The van der Waals surface area contributed by atoms with Crippen LogP contribution in [0.4, 0.5) is 0 Å². The standard InChI is InChI=1S/C24H20N2O5/c1-2-13-30-18-7-5-16(6-8-18)21-20(22(27)17-9-11-25-12-10-17)23(28)24(29)26(21)15-19-4-3-14-31-19/h2-12,14,21,27H,1,13,15H2. The van der Waals surface area contributed by atoms with Crippen LogP contribution in [0.25, 0.3) is 5.76 Å². The van der Waals surface area contributed by atoms with Crippen LogP contribution in [-0.2, 0) is 16.1 Å². The smallest absolute Gasteiger partial charge is 0.296 e. The summed E-state index contributed by atoms with van der Waals surface area (Å²) >= 11 is 0. The van der Waals surface area contributed by atoms with E-state index in [4.69, 9.17) is 9.15 Å². The van der Waals surface area contributed by atoms with E-state index in [0.29, 0.717) is 29.2 Å². The Labute approximate surface area is 178 Å². The molecule has 2 aromatic heterocycles. The number of aliphatic hydroxyl groups excluding tert-OH is 1. The van der Waals surface area contributed by atoms with Gasteiger partial charge >= 0.3 is 0 Å². The Hall–Kier alpha value is -4.13. The quantitative estimate of drug-likeness (QED) is 0.272. The first-order valence-electron chi connectivity index (χ1n) is 9.65. The second-order valence-corrected chi connectivity index (χ2v) is 6.91. The van der Waals surface area contributed by atoms with Crippen molar-refractivity contribution in [1.82, 2.24) is 9.88 Å². The topological polar surface area (TPSA) is 92.9 Å². The fourth-order valence-electron chi connectivity index (χ4n) is 3.53. The van der Waals surface area contributed by atoms with Gasteiger partial charge in [0, 0.05) is 18.0 Å². The van der Waals surface area contributed by atoms with E-state index in [1.807, 2.05) is 0 Å². The SMILES string of the molecule is C=CCOc1ccc(C2C(=C(O)c3ccncc3)C(=O)C(=O)N2Cc2ccco2)cc1. The third-order valence-electron chi connectivity index (χ3n) is 4.96. The zero-order valence-corrected chi connectivity index (χ0v) is 16.6. The number of ether oxygens (including phenoxy) is 1. The van der Waals surface area contributed by atoms with Crippen molar-refractivity contribution >= 4 is 17.4 Å². The number of pyridine rings is 1. The van der Waals surface area contributed by atoms with E-state index in [0.717, 1.165) is 0 Å². The Kier molecular flexibility index (Phi) is 5.66. The van der Waals surface area contributed by atoms with Crippen LogP contribution in [0.1, 0.15) is 22.9 Å². The highest BCUT2D eigenvalue weighted by Crippen LogP contribution is 2.40. The first-order chi connectivity index (χ1) is 15.1. The maximum atomic E-state index is 13.0. The molecule has 1 aliphatic rings. The first kappa shape index (κ1) is 20.2. The molecule has 1 unspecified atom stereocenters. The number of Topliss-reactive ketones (excluding diaryl/α,β-unsaturated/α-hetero) is 1. The van der Waals surface area contributed by atoms with Gasteiger partial charge in [0.15, 0.2) is 0 Å². The lowest BCUT2D eigenvalue weighted by Gasteiger charge is -2.24. The summed E-state index contributed by atoms with van der Waals surface area (Å²) in [7, 11) is 0. The number of hydrogen-bond donors (Lipinski definition) is 1. The molecule has 3 heterocycles. The number of rotatable bonds is 7. The summed E-state index contributed by atoms with van der Waals surface area (Å²) in [5, 5.41) is 10.9. The molecule has 4 rings (SSSR count). The summed E-state index contributed by atoms with van der Waals surface area (Å²) in [6.45, 7) is 4.07. The second-order valence-electron chi connectivity index (χ2n) is 6.91. The van der Waals surface area contributed by atoms with Crippen LogP contribution in [0.5, 0.6) is 5.75 Å². The number of benzene rings is 1. The van der Waals surface area contributed by atoms with Gasteiger partial charge in [0.05, 0.1) is 24.4 Å². The van der Waals surface area contributed by atoms with Crippen molar-refractivity contribution in [2.75, 3.05) is 6.61 Å². The number of amides is 1. The van der Waals surface area contributed by atoms with Gasteiger partial charge in [-0.2, -0.15) is 0 Å². The third kappa shape index (κ3) is 3.98. The Morgan fingerprint density at radius 1 is 1.16 bits per heavy atom. The fraction of sp³-hybridized carbons (Fsp3) is 0.125. The highest BCUT2D eigenvalue weighted by molar-refractivity contribution is 6.46. The highest BCUT2D eigenvalue weighted by atomic mass is 16.5. The van der Waals surface area contributed by atoms with E-state index in [9.17, 15) is 14.7 Å². The third-order valence-corrected chi connectivity index (χ3v) is 4.96. The summed E-state index contributed by atoms with van der Waals surface area (Å²) in [5.41, 5.74) is 1.08. The van der Waals surface area contributed by atoms with Gasteiger partial charge in [-0.05, 0) is 42.0 Å². The fourth-order valence-corrected chi connectivity index (χ4v) is 3.53. The van der Waals surface area contributed by atoms with Crippen LogP contribution in [0.15, 0.2) is 89.8 Å². The summed E-state index contributed by atoms with van der Waals surface area (Å²) in [6.07, 6.45) is 6.16. The van der Waals surface area contributed by atoms with Crippen LogP contribution >= 0.6 is 0 Å². The second kappa shape index (κ2) is 8.71. The monoisotopic (exact) mass is 416 g/mol. The molecular formula is C24H20N2O5. The predicted molar refractivity (Wildman–Crippen MR) is 113 cm³/mol. The number of carbonyl (C=O) groups excluding carboxylic acids is 2.